The van der Waals surface area contributed by atoms with Gasteiger partial charge in [0.1, 0.15) is 0 Å². The Balaban J connectivity index is 1.78. The van der Waals surface area contributed by atoms with E-state index < -0.39 is 0 Å². The molecule has 2 atom stereocenters. The highest BCUT2D eigenvalue weighted by molar-refractivity contribution is 4.86. The van der Waals surface area contributed by atoms with Gasteiger partial charge in [0, 0.05) is 25.2 Å². The lowest BCUT2D eigenvalue weighted by molar-refractivity contribution is 0.0811. The minimum absolute atomic E-state index is 0.390. The van der Waals surface area contributed by atoms with Crippen LogP contribution in [0.4, 0.5) is 0 Å². The third-order valence-corrected chi connectivity index (χ3v) is 3.76. The third kappa shape index (κ3) is 2.92. The Bertz CT molecular complexity index is 184. The lowest BCUT2D eigenvalue weighted by Crippen LogP contribution is -2.34. The van der Waals surface area contributed by atoms with Crippen molar-refractivity contribution in [1.29, 1.82) is 0 Å². The lowest BCUT2D eigenvalue weighted by atomic mass is 9.81. The van der Waals surface area contributed by atoms with E-state index in [9.17, 15) is 0 Å². The smallest absolute Gasteiger partial charge is 0.0576 e. The number of nitrogens with one attached hydrogen (secondary N) is 1. The molecule has 2 rings (SSSR count). The summed E-state index contributed by atoms with van der Waals surface area (Å²) in [4.78, 5) is 0. The number of ether oxygens (including phenoxy) is 2. The van der Waals surface area contributed by atoms with Gasteiger partial charge in [-0.2, -0.15) is 0 Å². The van der Waals surface area contributed by atoms with Gasteiger partial charge in [0.15, 0.2) is 0 Å². The number of hydrogen-bond donors (Lipinski definition) is 1. The molecule has 3 heteroatoms. The zero-order chi connectivity index (χ0) is 10.6. The number of rotatable bonds is 5. The summed E-state index contributed by atoms with van der Waals surface area (Å²) in [5.74, 6) is 0. The maximum atomic E-state index is 5.67. The molecule has 2 aliphatic heterocycles. The SMILES string of the molecule is CNCC1(CCC2CCCO2)CCOC1. The second kappa shape index (κ2) is 5.28. The molecule has 0 aromatic carbocycles. The Kier molecular flexibility index (Phi) is 4.00. The lowest BCUT2D eigenvalue weighted by Gasteiger charge is -2.28. The Morgan fingerprint density at radius 2 is 2.33 bits per heavy atom. The van der Waals surface area contributed by atoms with Crippen LogP contribution in [-0.2, 0) is 9.47 Å². The first-order chi connectivity index (χ1) is 7.35. The van der Waals surface area contributed by atoms with Gasteiger partial charge in [0.2, 0.25) is 0 Å². The maximum Gasteiger partial charge on any atom is 0.0576 e. The number of hydrogen-bond acceptors (Lipinski definition) is 3. The molecule has 2 fully saturated rings. The fourth-order valence-electron chi connectivity index (χ4n) is 2.79. The molecule has 0 saturated carbocycles. The molecule has 88 valence electrons. The second-order valence-corrected chi connectivity index (χ2v) is 5.01. The second-order valence-electron chi connectivity index (χ2n) is 5.01. The molecule has 0 aromatic rings. The Morgan fingerprint density at radius 3 is 2.93 bits per heavy atom. The van der Waals surface area contributed by atoms with Crippen LogP contribution in [-0.4, -0.2) is 39.5 Å². The molecule has 2 aliphatic rings. The van der Waals surface area contributed by atoms with Gasteiger partial charge in [-0.15, -0.1) is 0 Å². The van der Waals surface area contributed by atoms with Crippen molar-refractivity contribution in [2.24, 2.45) is 5.41 Å². The molecule has 15 heavy (non-hydrogen) atoms. The van der Waals surface area contributed by atoms with Crippen molar-refractivity contribution in [1.82, 2.24) is 5.32 Å². The minimum atomic E-state index is 0.390. The summed E-state index contributed by atoms with van der Waals surface area (Å²) in [5.41, 5.74) is 0.390. The molecule has 0 aliphatic carbocycles. The predicted molar refractivity (Wildman–Crippen MR) is 60.0 cm³/mol. The molecule has 3 nitrogen and oxygen atoms in total. The van der Waals surface area contributed by atoms with Crippen LogP contribution in [0.3, 0.4) is 0 Å². The van der Waals surface area contributed by atoms with Crippen LogP contribution in [0, 0.1) is 5.41 Å². The summed E-state index contributed by atoms with van der Waals surface area (Å²) < 4.78 is 11.2. The van der Waals surface area contributed by atoms with E-state index in [1.807, 2.05) is 7.05 Å². The van der Waals surface area contributed by atoms with Crippen molar-refractivity contribution in [3.05, 3.63) is 0 Å². The first kappa shape index (κ1) is 11.4. The van der Waals surface area contributed by atoms with Crippen molar-refractivity contribution in [2.75, 3.05) is 33.4 Å². The third-order valence-electron chi connectivity index (χ3n) is 3.76. The summed E-state index contributed by atoms with van der Waals surface area (Å²) >= 11 is 0. The van der Waals surface area contributed by atoms with E-state index >= 15 is 0 Å². The van der Waals surface area contributed by atoms with Gasteiger partial charge >= 0.3 is 0 Å². The summed E-state index contributed by atoms with van der Waals surface area (Å²) in [5, 5.41) is 3.31. The molecule has 0 spiro atoms. The van der Waals surface area contributed by atoms with Gasteiger partial charge in [-0.05, 0) is 39.2 Å². The van der Waals surface area contributed by atoms with Crippen LogP contribution in [0.25, 0.3) is 0 Å². The molecule has 2 unspecified atom stereocenters. The van der Waals surface area contributed by atoms with Crippen molar-refractivity contribution in [3.63, 3.8) is 0 Å². The molecule has 1 N–H and O–H groups in total. The predicted octanol–water partition coefficient (Wildman–Crippen LogP) is 1.57. The maximum absolute atomic E-state index is 5.67. The molecular formula is C12H23NO2. The minimum Gasteiger partial charge on any atom is -0.381 e. The zero-order valence-corrected chi connectivity index (χ0v) is 9.76. The van der Waals surface area contributed by atoms with E-state index in [0.717, 1.165) is 26.4 Å². The van der Waals surface area contributed by atoms with Crippen molar-refractivity contribution in [2.45, 2.75) is 38.2 Å². The van der Waals surface area contributed by atoms with E-state index in [1.165, 1.54) is 32.1 Å². The highest BCUT2D eigenvalue weighted by Crippen LogP contribution is 2.34. The van der Waals surface area contributed by atoms with E-state index in [4.69, 9.17) is 9.47 Å². The van der Waals surface area contributed by atoms with E-state index in [0.29, 0.717) is 11.5 Å². The van der Waals surface area contributed by atoms with Gasteiger partial charge in [-0.25, -0.2) is 0 Å². The van der Waals surface area contributed by atoms with Crippen LogP contribution >= 0.6 is 0 Å². The monoisotopic (exact) mass is 213 g/mol. The van der Waals surface area contributed by atoms with Gasteiger partial charge in [-0.3, -0.25) is 0 Å². The molecule has 0 aromatic heterocycles. The average molecular weight is 213 g/mol. The van der Waals surface area contributed by atoms with Crippen LogP contribution < -0.4 is 5.32 Å². The Morgan fingerprint density at radius 1 is 1.40 bits per heavy atom. The highest BCUT2D eigenvalue weighted by Gasteiger charge is 2.34. The largest absolute Gasteiger partial charge is 0.381 e. The summed E-state index contributed by atoms with van der Waals surface area (Å²) in [7, 11) is 2.03. The van der Waals surface area contributed by atoms with Crippen molar-refractivity contribution >= 4 is 0 Å². The van der Waals surface area contributed by atoms with Crippen molar-refractivity contribution < 1.29 is 9.47 Å². The molecule has 0 amide bonds. The Hall–Kier alpha value is -0.120. The summed E-state index contributed by atoms with van der Waals surface area (Å²) in [6.07, 6.45) is 6.71. The fraction of sp³-hybridized carbons (Fsp3) is 1.00. The van der Waals surface area contributed by atoms with Crippen molar-refractivity contribution in [3.8, 4) is 0 Å². The highest BCUT2D eigenvalue weighted by atomic mass is 16.5. The molecule has 2 heterocycles. The molecular weight excluding hydrogens is 190 g/mol. The average Bonchev–Trinajstić information content (AvgIpc) is 2.85. The molecule has 0 bridgehead atoms. The van der Waals surface area contributed by atoms with Gasteiger partial charge in [0.05, 0.1) is 12.7 Å². The van der Waals surface area contributed by atoms with Crippen LogP contribution in [0.5, 0.6) is 0 Å². The summed E-state index contributed by atoms with van der Waals surface area (Å²) in [6.45, 7) is 3.92. The van der Waals surface area contributed by atoms with E-state index in [2.05, 4.69) is 5.32 Å². The molecule has 0 radical (unpaired) electrons. The Labute approximate surface area is 92.5 Å². The van der Waals surface area contributed by atoms with Crippen LogP contribution in [0.15, 0.2) is 0 Å². The zero-order valence-electron chi connectivity index (χ0n) is 9.76. The van der Waals surface area contributed by atoms with Gasteiger partial charge < -0.3 is 14.8 Å². The normalized spacial score (nSPS) is 36.2. The first-order valence-corrected chi connectivity index (χ1v) is 6.19. The van der Waals surface area contributed by atoms with Crippen LogP contribution in [0.1, 0.15) is 32.1 Å². The standard InChI is InChI=1S/C12H23NO2/c1-13-9-12(6-8-14-10-12)5-4-11-3-2-7-15-11/h11,13H,2-10H2,1H3. The molecule has 2 saturated heterocycles. The van der Waals surface area contributed by atoms with E-state index in [-0.39, 0.29) is 0 Å². The topological polar surface area (TPSA) is 30.5 Å². The first-order valence-electron chi connectivity index (χ1n) is 6.19. The fourth-order valence-corrected chi connectivity index (χ4v) is 2.79. The van der Waals surface area contributed by atoms with Gasteiger partial charge in [-0.1, -0.05) is 0 Å². The van der Waals surface area contributed by atoms with E-state index in [1.54, 1.807) is 0 Å². The quantitative estimate of drug-likeness (QED) is 0.752. The summed E-state index contributed by atoms with van der Waals surface area (Å²) in [6, 6.07) is 0. The van der Waals surface area contributed by atoms with Crippen LogP contribution in [0.2, 0.25) is 0 Å². The van der Waals surface area contributed by atoms with Gasteiger partial charge in [0.25, 0.3) is 0 Å².